The van der Waals surface area contributed by atoms with E-state index in [4.69, 9.17) is 14.5 Å². The summed E-state index contributed by atoms with van der Waals surface area (Å²) in [6.07, 6.45) is 12.2. The van der Waals surface area contributed by atoms with Gasteiger partial charge in [0.05, 0.1) is 13.3 Å². The van der Waals surface area contributed by atoms with E-state index in [1.807, 2.05) is 34.1 Å². The summed E-state index contributed by atoms with van der Waals surface area (Å²) in [5, 5.41) is 13.8. The maximum Gasteiger partial charge on any atom is 0.410 e. The van der Waals surface area contributed by atoms with Gasteiger partial charge in [0.1, 0.15) is 17.7 Å². The molecular formula is C38H51N5O5. The van der Waals surface area contributed by atoms with E-state index in [0.29, 0.717) is 63.0 Å². The molecule has 3 fully saturated rings. The molecule has 10 nitrogen and oxygen atoms in total. The number of nitrogens with zero attached hydrogens (tertiary/aromatic N) is 5. The van der Waals surface area contributed by atoms with Crippen LogP contribution >= 0.6 is 0 Å². The zero-order valence-corrected chi connectivity index (χ0v) is 28.9. The minimum atomic E-state index is -0.307. The Hall–Kier alpha value is -3.92. The van der Waals surface area contributed by atoms with Crippen molar-refractivity contribution in [2.24, 2.45) is 17.8 Å². The van der Waals surface area contributed by atoms with E-state index in [0.717, 1.165) is 42.6 Å². The molecule has 6 rings (SSSR count). The third kappa shape index (κ3) is 7.69. The molecule has 1 aromatic carbocycles. The van der Waals surface area contributed by atoms with Gasteiger partial charge in [-0.15, -0.1) is 0 Å². The van der Waals surface area contributed by atoms with Gasteiger partial charge in [-0.2, -0.15) is 5.10 Å². The molecule has 1 saturated heterocycles. The number of hydrogen-bond acceptors (Lipinski definition) is 7. The minimum absolute atomic E-state index is 0.0939. The van der Waals surface area contributed by atoms with Crippen LogP contribution in [0.15, 0.2) is 48.9 Å². The zero-order valence-electron chi connectivity index (χ0n) is 28.9. The number of aryl methyl sites for hydroxylation is 1. The van der Waals surface area contributed by atoms with Crippen molar-refractivity contribution >= 4 is 17.8 Å². The lowest BCUT2D eigenvalue weighted by molar-refractivity contribution is -0.124. The summed E-state index contributed by atoms with van der Waals surface area (Å²) >= 11 is 0. The van der Waals surface area contributed by atoms with Crippen molar-refractivity contribution in [1.82, 2.24) is 19.7 Å². The molecule has 10 heteroatoms. The minimum Gasteiger partial charge on any atom is -0.496 e. The highest BCUT2D eigenvalue weighted by atomic mass is 16.6. The van der Waals surface area contributed by atoms with Crippen molar-refractivity contribution < 1.29 is 24.2 Å². The molecule has 48 heavy (non-hydrogen) atoms. The van der Waals surface area contributed by atoms with Crippen molar-refractivity contribution in [3.05, 3.63) is 60.0 Å². The number of methoxy groups -OCH3 is 1. The Morgan fingerprint density at radius 3 is 2.38 bits per heavy atom. The average Bonchev–Trinajstić information content (AvgIpc) is 3.58. The molecule has 3 aromatic rings. The molecule has 0 radical (unpaired) electrons. The van der Waals surface area contributed by atoms with E-state index in [9.17, 15) is 14.7 Å². The number of anilines is 1. The fraction of sp³-hybridized carbons (Fsp3) is 0.579. The number of carbonyl (C=O) groups is 2. The number of aromatic nitrogens is 3. The first-order valence-corrected chi connectivity index (χ1v) is 17.7. The van der Waals surface area contributed by atoms with Gasteiger partial charge in [-0.25, -0.2) is 9.78 Å². The monoisotopic (exact) mass is 657 g/mol. The number of aliphatic hydroxyl groups excluding tert-OH is 1. The predicted octanol–water partition coefficient (Wildman–Crippen LogP) is 6.77. The summed E-state index contributed by atoms with van der Waals surface area (Å²) in [7, 11) is 1.71. The molecule has 258 valence electrons. The van der Waals surface area contributed by atoms with Crippen LogP contribution in [0.1, 0.15) is 88.3 Å². The maximum absolute atomic E-state index is 14.4. The van der Waals surface area contributed by atoms with Crippen molar-refractivity contribution in [1.29, 1.82) is 0 Å². The fourth-order valence-electron chi connectivity index (χ4n) is 7.60. The summed E-state index contributed by atoms with van der Waals surface area (Å²) in [6, 6.07) is 10.8. The number of aliphatic hydroxyl groups is 1. The van der Waals surface area contributed by atoms with Crippen LogP contribution in [-0.4, -0.2) is 76.2 Å². The Bertz CT molecular complexity index is 1550. The summed E-state index contributed by atoms with van der Waals surface area (Å²) in [5.41, 5.74) is 4.54. The number of rotatable bonds is 10. The molecule has 0 unspecified atom stereocenters. The number of likely N-dealkylation sites (tertiary alicyclic amines) is 1. The molecule has 0 spiro atoms. The molecule has 2 saturated carbocycles. The molecule has 2 aromatic heterocycles. The molecule has 0 atom stereocenters. The molecule has 3 heterocycles. The van der Waals surface area contributed by atoms with Gasteiger partial charge in [-0.3, -0.25) is 14.4 Å². The van der Waals surface area contributed by atoms with E-state index in [1.165, 1.54) is 11.1 Å². The first kappa shape index (κ1) is 34.0. The lowest BCUT2D eigenvalue weighted by atomic mass is 9.78. The lowest BCUT2D eigenvalue weighted by Gasteiger charge is -2.39. The van der Waals surface area contributed by atoms with Crippen LogP contribution in [0.3, 0.4) is 0 Å². The molecular weight excluding hydrogens is 606 g/mol. The Morgan fingerprint density at radius 1 is 0.979 bits per heavy atom. The molecule has 1 aliphatic heterocycles. The number of pyridine rings is 1. The van der Waals surface area contributed by atoms with Gasteiger partial charge in [0.15, 0.2) is 0 Å². The van der Waals surface area contributed by atoms with Crippen LogP contribution in [0.5, 0.6) is 5.75 Å². The van der Waals surface area contributed by atoms with Gasteiger partial charge in [0.2, 0.25) is 5.91 Å². The van der Waals surface area contributed by atoms with Crippen LogP contribution in [-0.2, 0) is 9.53 Å². The molecule has 2 amide bonds. The quantitative estimate of drug-likeness (QED) is 0.256. The first-order chi connectivity index (χ1) is 23.2. The topological polar surface area (TPSA) is 110 Å². The van der Waals surface area contributed by atoms with Gasteiger partial charge in [0.25, 0.3) is 0 Å². The SMILES string of the molecule is COc1ccc(C2CCC(CN(C(=O)C3CCC(OC(=O)N4CC(CO)C4)CC3)c3cc(-c4cnn(C(C)C)c4)ccn3)CC2)cc1C. The third-order valence-corrected chi connectivity index (χ3v) is 10.7. The number of hydrogen-bond donors (Lipinski definition) is 1. The van der Waals surface area contributed by atoms with Crippen molar-refractivity contribution in [2.45, 2.75) is 90.2 Å². The van der Waals surface area contributed by atoms with Gasteiger partial charge in [-0.05, 0) is 119 Å². The summed E-state index contributed by atoms with van der Waals surface area (Å²) in [5.74, 6) is 2.63. The zero-order chi connectivity index (χ0) is 33.8. The fourth-order valence-corrected chi connectivity index (χ4v) is 7.60. The van der Waals surface area contributed by atoms with Crippen LogP contribution < -0.4 is 9.64 Å². The van der Waals surface area contributed by atoms with Gasteiger partial charge >= 0.3 is 6.09 Å². The second kappa shape index (κ2) is 15.1. The first-order valence-electron chi connectivity index (χ1n) is 17.7. The van der Waals surface area contributed by atoms with Crippen LogP contribution in [0.4, 0.5) is 10.6 Å². The van der Waals surface area contributed by atoms with E-state index in [-0.39, 0.29) is 42.6 Å². The summed E-state index contributed by atoms with van der Waals surface area (Å²) in [6.45, 7) is 8.14. The number of amides is 2. The standard InChI is InChI=1S/C38H51N5O5/c1-25(2)43-23-33(19-40-43)32-15-16-39-36(18-32)42(22-27-5-7-29(8-6-27)31-11-14-35(47-4)26(3)17-31)37(45)30-9-12-34(13-10-30)48-38(46)41-20-28(21-41)24-44/h11,14-19,23,25,27-30,34,44H,5-10,12-13,20-22,24H2,1-4H3. The number of benzene rings is 1. The molecule has 1 N–H and O–H groups in total. The number of ether oxygens (including phenoxy) is 2. The predicted molar refractivity (Wildman–Crippen MR) is 185 cm³/mol. The van der Waals surface area contributed by atoms with Crippen LogP contribution in [0.2, 0.25) is 0 Å². The molecule has 2 aliphatic carbocycles. The normalized spacial score (nSPS) is 23.1. The summed E-state index contributed by atoms with van der Waals surface area (Å²) in [4.78, 5) is 35.3. The van der Waals surface area contributed by atoms with Crippen molar-refractivity contribution in [2.75, 3.05) is 38.3 Å². The van der Waals surface area contributed by atoms with E-state index in [1.54, 1.807) is 18.2 Å². The maximum atomic E-state index is 14.4. The largest absolute Gasteiger partial charge is 0.496 e. The highest BCUT2D eigenvalue weighted by Gasteiger charge is 2.36. The van der Waals surface area contributed by atoms with Gasteiger partial charge in [0, 0.05) is 62.1 Å². The summed E-state index contributed by atoms with van der Waals surface area (Å²) < 4.78 is 13.2. The Morgan fingerprint density at radius 2 is 1.73 bits per heavy atom. The van der Waals surface area contributed by atoms with E-state index >= 15 is 0 Å². The highest BCUT2D eigenvalue weighted by Crippen LogP contribution is 2.39. The molecule has 0 bridgehead atoms. The Labute approximate surface area is 284 Å². The van der Waals surface area contributed by atoms with Gasteiger partial charge < -0.3 is 19.5 Å². The highest BCUT2D eigenvalue weighted by molar-refractivity contribution is 5.94. The van der Waals surface area contributed by atoms with E-state index in [2.05, 4.69) is 44.1 Å². The second-order valence-electron chi connectivity index (χ2n) is 14.4. The lowest BCUT2D eigenvalue weighted by Crippen LogP contribution is -2.52. The second-order valence-corrected chi connectivity index (χ2v) is 14.4. The molecule has 3 aliphatic rings. The number of carbonyl (C=O) groups excluding carboxylic acids is 2. The van der Waals surface area contributed by atoms with Crippen LogP contribution in [0.25, 0.3) is 11.1 Å². The van der Waals surface area contributed by atoms with Gasteiger partial charge in [-0.1, -0.05) is 12.1 Å². The Kier molecular flexibility index (Phi) is 10.7. The third-order valence-electron chi connectivity index (χ3n) is 10.7. The average molecular weight is 658 g/mol. The smallest absolute Gasteiger partial charge is 0.410 e. The van der Waals surface area contributed by atoms with Crippen molar-refractivity contribution in [3.8, 4) is 16.9 Å². The van der Waals surface area contributed by atoms with Crippen LogP contribution in [0, 0.1) is 24.7 Å². The Balaban J connectivity index is 1.14. The van der Waals surface area contributed by atoms with Crippen molar-refractivity contribution in [3.63, 3.8) is 0 Å². The van der Waals surface area contributed by atoms with E-state index < -0.39 is 0 Å².